The van der Waals surface area contributed by atoms with Crippen LogP contribution in [0, 0.1) is 0 Å². The summed E-state index contributed by atoms with van der Waals surface area (Å²) in [5, 5.41) is 4.46. The third kappa shape index (κ3) is 2.98. The van der Waals surface area contributed by atoms with Crippen LogP contribution in [0.25, 0.3) is 10.9 Å². The van der Waals surface area contributed by atoms with Gasteiger partial charge in [0.2, 0.25) is 0 Å². The quantitative estimate of drug-likeness (QED) is 0.797. The number of benzene rings is 1. The minimum Gasteiger partial charge on any atom is -0.399 e. The minimum absolute atomic E-state index is 0.248. The lowest BCUT2D eigenvalue weighted by Gasteiger charge is -2.30. The van der Waals surface area contributed by atoms with Crippen molar-refractivity contribution < 1.29 is 0 Å². The highest BCUT2D eigenvalue weighted by molar-refractivity contribution is 8.00. The molecule has 0 spiro atoms. The Labute approximate surface area is 124 Å². The highest BCUT2D eigenvalue weighted by Gasteiger charge is 2.24. The second-order valence-electron chi connectivity index (χ2n) is 4.95. The number of nitrogens with one attached hydrogen (secondary N) is 1. The third-order valence-electron chi connectivity index (χ3n) is 3.96. The Bertz CT molecular complexity index is 573. The van der Waals surface area contributed by atoms with Crippen LogP contribution in [0.3, 0.4) is 0 Å². The van der Waals surface area contributed by atoms with Crippen LogP contribution in [0.15, 0.2) is 24.5 Å². The maximum absolute atomic E-state index is 5.87. The van der Waals surface area contributed by atoms with Crippen molar-refractivity contribution in [2.45, 2.75) is 31.4 Å². The fourth-order valence-electron chi connectivity index (χ4n) is 2.32. The van der Waals surface area contributed by atoms with Gasteiger partial charge in [-0.1, -0.05) is 13.8 Å². The Balaban J connectivity index is 2.28. The number of nitrogen functional groups attached to an aromatic ring is 1. The molecule has 5 heteroatoms. The van der Waals surface area contributed by atoms with Gasteiger partial charge >= 0.3 is 0 Å². The van der Waals surface area contributed by atoms with E-state index in [1.807, 2.05) is 30.0 Å². The van der Waals surface area contributed by atoms with Gasteiger partial charge in [0.05, 0.1) is 5.52 Å². The first-order valence-corrected chi connectivity index (χ1v) is 8.16. The molecule has 4 nitrogen and oxygen atoms in total. The van der Waals surface area contributed by atoms with Gasteiger partial charge in [0, 0.05) is 22.4 Å². The summed E-state index contributed by atoms with van der Waals surface area (Å²) >= 11 is 1.91. The van der Waals surface area contributed by atoms with Crippen LogP contribution in [0.5, 0.6) is 0 Å². The molecular weight excluding hydrogens is 268 g/mol. The maximum Gasteiger partial charge on any atom is 0.137 e. The Morgan fingerprint density at radius 1 is 1.25 bits per heavy atom. The lowest BCUT2D eigenvalue weighted by molar-refractivity contribution is 0.574. The highest BCUT2D eigenvalue weighted by Crippen LogP contribution is 2.31. The fourth-order valence-corrected chi connectivity index (χ4v) is 3.11. The van der Waals surface area contributed by atoms with Crippen molar-refractivity contribution in [2.24, 2.45) is 0 Å². The molecule has 1 heterocycles. The lowest BCUT2D eigenvalue weighted by atomic mass is 10.0. The fraction of sp³-hybridized carbons (Fsp3) is 0.467. The van der Waals surface area contributed by atoms with Crippen LogP contribution in [-0.2, 0) is 0 Å². The molecule has 0 amide bonds. The number of aromatic nitrogens is 2. The lowest BCUT2D eigenvalue weighted by Crippen LogP contribution is -2.32. The van der Waals surface area contributed by atoms with Gasteiger partial charge in [-0.25, -0.2) is 9.97 Å². The number of nitrogens with zero attached hydrogens (tertiary/aromatic N) is 2. The molecule has 0 atom stereocenters. The van der Waals surface area contributed by atoms with Crippen molar-refractivity contribution in [3.63, 3.8) is 0 Å². The van der Waals surface area contributed by atoms with Crippen molar-refractivity contribution in [3.8, 4) is 0 Å². The Morgan fingerprint density at radius 3 is 2.65 bits per heavy atom. The molecule has 1 aromatic heterocycles. The molecule has 0 aliphatic heterocycles. The summed E-state index contributed by atoms with van der Waals surface area (Å²) < 4.78 is 0.248. The normalized spacial score (nSPS) is 11.8. The van der Waals surface area contributed by atoms with Crippen LogP contribution < -0.4 is 11.1 Å². The number of fused-ring (bicyclic) bond motifs is 1. The van der Waals surface area contributed by atoms with E-state index in [-0.39, 0.29) is 4.75 Å². The number of hydrogen-bond acceptors (Lipinski definition) is 5. The zero-order chi connectivity index (χ0) is 14.6. The Hall–Kier alpha value is -1.49. The van der Waals surface area contributed by atoms with E-state index in [0.717, 1.165) is 41.8 Å². The van der Waals surface area contributed by atoms with Crippen LogP contribution in [0.2, 0.25) is 0 Å². The van der Waals surface area contributed by atoms with Gasteiger partial charge in [-0.15, -0.1) is 0 Å². The summed E-state index contributed by atoms with van der Waals surface area (Å²) in [7, 11) is 0. The number of hydrogen-bond donors (Lipinski definition) is 2. The SMILES string of the molecule is CCC(CC)(CNc1ncnc2ccc(N)cc12)SC. The van der Waals surface area contributed by atoms with Gasteiger partial charge in [0.15, 0.2) is 0 Å². The second kappa shape index (κ2) is 6.31. The molecule has 0 fully saturated rings. The number of anilines is 2. The average molecular weight is 290 g/mol. The van der Waals surface area contributed by atoms with Gasteiger partial charge in [0.25, 0.3) is 0 Å². The largest absolute Gasteiger partial charge is 0.399 e. The Kier molecular flexibility index (Phi) is 4.70. The van der Waals surface area contributed by atoms with Crippen molar-refractivity contribution in [1.29, 1.82) is 0 Å². The molecule has 20 heavy (non-hydrogen) atoms. The number of thioether (sulfide) groups is 1. The van der Waals surface area contributed by atoms with E-state index in [0.29, 0.717) is 0 Å². The first-order valence-electron chi connectivity index (χ1n) is 6.93. The molecule has 3 N–H and O–H groups in total. The van der Waals surface area contributed by atoms with E-state index in [1.54, 1.807) is 6.33 Å². The second-order valence-corrected chi connectivity index (χ2v) is 6.22. The highest BCUT2D eigenvalue weighted by atomic mass is 32.2. The van der Waals surface area contributed by atoms with Gasteiger partial charge in [-0.3, -0.25) is 0 Å². The van der Waals surface area contributed by atoms with E-state index in [2.05, 4.69) is 35.4 Å². The predicted octanol–water partition coefficient (Wildman–Crippen LogP) is 3.55. The molecule has 0 radical (unpaired) electrons. The molecule has 1 aromatic carbocycles. The third-order valence-corrected chi connectivity index (χ3v) is 5.55. The molecule has 108 valence electrons. The van der Waals surface area contributed by atoms with Gasteiger partial charge in [-0.05, 0) is 37.3 Å². The standard InChI is InChI=1S/C15H22N4S/c1-4-15(5-2,20-3)9-17-14-12-8-11(16)6-7-13(12)18-10-19-14/h6-8,10H,4-5,9,16H2,1-3H3,(H,17,18,19). The zero-order valence-corrected chi connectivity index (χ0v) is 13.1. The van der Waals surface area contributed by atoms with E-state index in [1.165, 1.54) is 0 Å². The monoisotopic (exact) mass is 290 g/mol. The minimum atomic E-state index is 0.248. The predicted molar refractivity (Wildman–Crippen MR) is 89.3 cm³/mol. The van der Waals surface area contributed by atoms with Crippen molar-refractivity contribution in [3.05, 3.63) is 24.5 Å². The molecule has 0 aliphatic carbocycles. The molecule has 0 unspecified atom stereocenters. The van der Waals surface area contributed by atoms with E-state index >= 15 is 0 Å². The van der Waals surface area contributed by atoms with Gasteiger partial charge in [0.1, 0.15) is 12.1 Å². The molecule has 2 rings (SSSR count). The van der Waals surface area contributed by atoms with E-state index < -0.39 is 0 Å². The van der Waals surface area contributed by atoms with Crippen molar-refractivity contribution >= 4 is 34.2 Å². The summed E-state index contributed by atoms with van der Waals surface area (Å²) in [6.45, 7) is 5.36. The molecule has 2 aromatic rings. The Morgan fingerprint density at radius 2 is 2.00 bits per heavy atom. The van der Waals surface area contributed by atoms with Crippen LogP contribution in [0.4, 0.5) is 11.5 Å². The summed E-state index contributed by atoms with van der Waals surface area (Å²) in [6, 6.07) is 5.72. The molecular formula is C15H22N4S. The molecule has 0 saturated carbocycles. The summed E-state index contributed by atoms with van der Waals surface area (Å²) in [5.74, 6) is 0.864. The topological polar surface area (TPSA) is 63.8 Å². The first kappa shape index (κ1) is 14.9. The smallest absolute Gasteiger partial charge is 0.137 e. The zero-order valence-electron chi connectivity index (χ0n) is 12.3. The molecule has 0 aliphatic rings. The van der Waals surface area contributed by atoms with Crippen LogP contribution in [0.1, 0.15) is 26.7 Å². The molecule has 0 bridgehead atoms. The van der Waals surface area contributed by atoms with Crippen LogP contribution in [-0.4, -0.2) is 27.5 Å². The van der Waals surface area contributed by atoms with Crippen LogP contribution >= 0.6 is 11.8 Å². The summed E-state index contributed by atoms with van der Waals surface area (Å²) in [4.78, 5) is 8.64. The summed E-state index contributed by atoms with van der Waals surface area (Å²) in [5.41, 5.74) is 7.52. The van der Waals surface area contributed by atoms with E-state index in [9.17, 15) is 0 Å². The number of nitrogens with two attached hydrogens (primary N) is 1. The van der Waals surface area contributed by atoms with Gasteiger partial charge < -0.3 is 11.1 Å². The van der Waals surface area contributed by atoms with Crippen molar-refractivity contribution in [2.75, 3.05) is 23.9 Å². The van der Waals surface area contributed by atoms with Crippen molar-refractivity contribution in [1.82, 2.24) is 9.97 Å². The molecule has 0 saturated heterocycles. The van der Waals surface area contributed by atoms with Gasteiger partial charge in [-0.2, -0.15) is 11.8 Å². The van der Waals surface area contributed by atoms with E-state index in [4.69, 9.17) is 5.73 Å². The maximum atomic E-state index is 5.87. The number of rotatable bonds is 6. The first-order chi connectivity index (χ1) is 9.64. The average Bonchev–Trinajstić information content (AvgIpc) is 2.49. The summed E-state index contributed by atoms with van der Waals surface area (Å²) in [6.07, 6.45) is 6.02.